The van der Waals surface area contributed by atoms with Crippen molar-refractivity contribution in [2.45, 2.75) is 26.0 Å². The third-order valence-corrected chi connectivity index (χ3v) is 4.85. The Hall–Kier alpha value is -3.40. The van der Waals surface area contributed by atoms with E-state index in [9.17, 15) is 9.59 Å². The maximum Gasteiger partial charge on any atom is 0.308 e. The lowest BCUT2D eigenvalue weighted by Crippen LogP contribution is -2.22. The van der Waals surface area contributed by atoms with E-state index in [-0.39, 0.29) is 24.4 Å². The number of hydrogen-bond acceptors (Lipinski definition) is 9. The highest BCUT2D eigenvalue weighted by Gasteiger charge is 2.19. The summed E-state index contributed by atoms with van der Waals surface area (Å²) >= 11 is 1.40. The Morgan fingerprint density at radius 1 is 1.39 bits per heavy atom. The molecule has 0 saturated carbocycles. The predicted molar refractivity (Wildman–Crippen MR) is 101 cm³/mol. The van der Waals surface area contributed by atoms with Crippen LogP contribution in [0, 0.1) is 0 Å². The second-order valence-electron chi connectivity index (χ2n) is 5.96. The highest BCUT2D eigenvalue weighted by atomic mass is 32.1. The van der Waals surface area contributed by atoms with Gasteiger partial charge in [0.05, 0.1) is 18.1 Å². The summed E-state index contributed by atoms with van der Waals surface area (Å²) in [4.78, 5) is 37.6. The summed E-state index contributed by atoms with van der Waals surface area (Å²) in [7, 11) is 0. The van der Waals surface area contributed by atoms with Crippen LogP contribution in [0.25, 0.3) is 21.6 Å². The van der Waals surface area contributed by atoms with Crippen LogP contribution >= 0.6 is 11.3 Å². The second-order valence-corrected chi connectivity index (χ2v) is 6.86. The Morgan fingerprint density at radius 3 is 3.11 bits per heavy atom. The fourth-order valence-electron chi connectivity index (χ4n) is 2.58. The molecule has 0 bridgehead atoms. The summed E-state index contributed by atoms with van der Waals surface area (Å²) in [6, 6.07) is 5.29. The Balaban J connectivity index is 1.37. The van der Waals surface area contributed by atoms with Crippen LogP contribution in [0.2, 0.25) is 0 Å². The molecule has 4 heterocycles. The molecular weight excluding hydrogens is 382 g/mol. The molecule has 0 aliphatic heterocycles. The lowest BCUT2D eigenvalue weighted by molar-refractivity contribution is -0.150. The van der Waals surface area contributed by atoms with Gasteiger partial charge in [-0.3, -0.25) is 19.1 Å². The van der Waals surface area contributed by atoms with Crippen LogP contribution in [0.3, 0.4) is 0 Å². The Labute approximate surface area is 162 Å². The van der Waals surface area contributed by atoms with E-state index >= 15 is 0 Å². The molecule has 0 saturated heterocycles. The molecule has 0 amide bonds. The first-order valence-corrected chi connectivity index (χ1v) is 9.36. The molecule has 0 radical (unpaired) electrons. The first-order chi connectivity index (χ1) is 13.6. The summed E-state index contributed by atoms with van der Waals surface area (Å²) < 4.78 is 11.9. The van der Waals surface area contributed by atoms with Crippen molar-refractivity contribution in [1.82, 2.24) is 24.7 Å². The van der Waals surface area contributed by atoms with Gasteiger partial charge in [-0.1, -0.05) is 5.16 Å². The van der Waals surface area contributed by atoms with Crippen molar-refractivity contribution in [3.8, 4) is 11.4 Å². The highest BCUT2D eigenvalue weighted by Crippen LogP contribution is 2.20. The number of aryl methyl sites for hydroxylation is 1. The quantitative estimate of drug-likeness (QED) is 0.456. The third-order valence-electron chi connectivity index (χ3n) is 4.02. The summed E-state index contributed by atoms with van der Waals surface area (Å²) in [6.07, 6.45) is 4.01. The third kappa shape index (κ3) is 3.67. The lowest BCUT2D eigenvalue weighted by Gasteiger charge is -2.09. The number of esters is 1. The van der Waals surface area contributed by atoms with Gasteiger partial charge in [0.1, 0.15) is 4.83 Å². The number of ether oxygens (including phenoxy) is 1. The number of aromatic nitrogens is 5. The van der Waals surface area contributed by atoms with Gasteiger partial charge in [-0.15, -0.1) is 11.3 Å². The molecule has 28 heavy (non-hydrogen) atoms. The molecule has 0 N–H and O–H groups in total. The van der Waals surface area contributed by atoms with Gasteiger partial charge in [0.2, 0.25) is 5.82 Å². The maximum atomic E-state index is 12.3. The molecule has 4 rings (SSSR count). The van der Waals surface area contributed by atoms with E-state index in [1.54, 1.807) is 37.5 Å². The molecule has 0 aromatic carbocycles. The summed E-state index contributed by atoms with van der Waals surface area (Å²) in [5.41, 5.74) is 0.525. The zero-order valence-corrected chi connectivity index (χ0v) is 15.6. The Bertz CT molecular complexity index is 1170. The fraction of sp³-hybridized carbons (Fsp3) is 0.222. The van der Waals surface area contributed by atoms with E-state index in [0.29, 0.717) is 21.6 Å². The minimum absolute atomic E-state index is 0.0190. The van der Waals surface area contributed by atoms with Crippen LogP contribution in [0.4, 0.5) is 0 Å². The van der Waals surface area contributed by atoms with E-state index < -0.39 is 12.1 Å². The second kappa shape index (κ2) is 7.69. The lowest BCUT2D eigenvalue weighted by atomic mass is 10.3. The fourth-order valence-corrected chi connectivity index (χ4v) is 3.31. The molecule has 1 atom stereocenters. The molecule has 0 aliphatic carbocycles. The first kappa shape index (κ1) is 18.0. The van der Waals surface area contributed by atoms with E-state index in [0.717, 1.165) is 0 Å². The summed E-state index contributed by atoms with van der Waals surface area (Å²) in [5.74, 6) is 0.0735. The molecule has 0 fully saturated rings. The molecular formula is C18H15N5O4S. The van der Waals surface area contributed by atoms with Gasteiger partial charge < -0.3 is 9.26 Å². The molecule has 4 aromatic rings. The number of carbonyl (C=O) groups is 1. The Morgan fingerprint density at radius 2 is 2.29 bits per heavy atom. The molecule has 4 aromatic heterocycles. The normalized spacial score (nSPS) is 12.2. The van der Waals surface area contributed by atoms with Gasteiger partial charge in [-0.2, -0.15) is 4.98 Å². The number of hydrogen-bond donors (Lipinski definition) is 0. The average Bonchev–Trinajstić information content (AvgIpc) is 3.38. The van der Waals surface area contributed by atoms with Gasteiger partial charge in [0.25, 0.3) is 11.4 Å². The van der Waals surface area contributed by atoms with Crippen LogP contribution in [-0.2, 0) is 16.1 Å². The van der Waals surface area contributed by atoms with E-state index in [4.69, 9.17) is 9.26 Å². The first-order valence-electron chi connectivity index (χ1n) is 8.48. The minimum Gasteiger partial charge on any atom is -0.452 e. The summed E-state index contributed by atoms with van der Waals surface area (Å²) in [6.45, 7) is 1.82. The molecule has 142 valence electrons. The van der Waals surface area contributed by atoms with E-state index in [1.165, 1.54) is 22.2 Å². The molecule has 0 spiro atoms. The smallest absolute Gasteiger partial charge is 0.308 e. The molecule has 0 aliphatic rings. The monoisotopic (exact) mass is 397 g/mol. The van der Waals surface area contributed by atoms with Crippen LogP contribution in [-0.4, -0.2) is 30.6 Å². The van der Waals surface area contributed by atoms with Crippen molar-refractivity contribution in [2.24, 2.45) is 0 Å². The van der Waals surface area contributed by atoms with Gasteiger partial charge in [-0.05, 0) is 30.5 Å². The average molecular weight is 397 g/mol. The van der Waals surface area contributed by atoms with Gasteiger partial charge in [0, 0.05) is 24.5 Å². The zero-order chi connectivity index (χ0) is 19.5. The van der Waals surface area contributed by atoms with Crippen molar-refractivity contribution in [3.63, 3.8) is 0 Å². The van der Waals surface area contributed by atoms with Crippen LogP contribution < -0.4 is 5.56 Å². The number of carbonyl (C=O) groups excluding carboxylic acids is 1. The van der Waals surface area contributed by atoms with Crippen molar-refractivity contribution in [3.05, 3.63) is 58.5 Å². The van der Waals surface area contributed by atoms with E-state index in [1.807, 2.05) is 5.38 Å². The zero-order valence-electron chi connectivity index (χ0n) is 14.8. The van der Waals surface area contributed by atoms with Gasteiger partial charge in [0.15, 0.2) is 6.10 Å². The number of fused-ring (bicyclic) bond motifs is 1. The van der Waals surface area contributed by atoms with Gasteiger partial charge in [-0.25, -0.2) is 4.98 Å². The van der Waals surface area contributed by atoms with Crippen molar-refractivity contribution < 1.29 is 14.1 Å². The molecule has 1 unspecified atom stereocenters. The Kier molecular flexibility index (Phi) is 4.94. The van der Waals surface area contributed by atoms with Crippen LogP contribution in [0.5, 0.6) is 0 Å². The SMILES string of the molecule is CC(OC(=O)CCn1cnc2sccc2c1=O)c1nc(-c2cccnc2)no1. The number of nitrogens with zero attached hydrogens (tertiary/aromatic N) is 5. The van der Waals surface area contributed by atoms with Crippen molar-refractivity contribution in [1.29, 1.82) is 0 Å². The van der Waals surface area contributed by atoms with E-state index in [2.05, 4.69) is 20.1 Å². The van der Waals surface area contributed by atoms with Crippen molar-refractivity contribution >= 4 is 27.5 Å². The van der Waals surface area contributed by atoms with Crippen LogP contribution in [0.1, 0.15) is 25.3 Å². The topological polar surface area (TPSA) is 113 Å². The maximum absolute atomic E-state index is 12.3. The van der Waals surface area contributed by atoms with Crippen LogP contribution in [0.15, 0.2) is 51.6 Å². The number of pyridine rings is 1. The standard InChI is InChI=1S/C18H15N5O4S/c1-11(16-21-15(22-27-16)12-3-2-6-19-9-12)26-14(24)4-7-23-10-20-17-13(18(23)25)5-8-28-17/h2-3,5-6,8-11H,4,7H2,1H3. The van der Waals surface area contributed by atoms with Crippen molar-refractivity contribution in [2.75, 3.05) is 0 Å². The molecule has 10 heteroatoms. The highest BCUT2D eigenvalue weighted by molar-refractivity contribution is 7.16. The minimum atomic E-state index is -0.709. The largest absolute Gasteiger partial charge is 0.452 e. The molecule has 9 nitrogen and oxygen atoms in total. The number of thiophene rings is 1. The summed E-state index contributed by atoms with van der Waals surface area (Å²) in [5, 5.41) is 6.23. The number of rotatable bonds is 6. The predicted octanol–water partition coefficient (Wildman–Crippen LogP) is 2.60. The van der Waals surface area contributed by atoms with Gasteiger partial charge >= 0.3 is 5.97 Å².